The van der Waals surface area contributed by atoms with Gasteiger partial charge in [0.05, 0.1) is 15.7 Å². The van der Waals surface area contributed by atoms with Crippen molar-refractivity contribution >= 4 is 46.8 Å². The number of carboxylic acids is 1. The van der Waals surface area contributed by atoms with Gasteiger partial charge in [0, 0.05) is 11.1 Å². The highest BCUT2D eigenvalue weighted by Gasteiger charge is 2.16. The molecule has 0 spiro atoms. The molecule has 112 valence electrons. The van der Waals surface area contributed by atoms with Gasteiger partial charge >= 0.3 is 12.0 Å². The zero-order chi connectivity index (χ0) is 16.2. The molecule has 8 heteroatoms. The van der Waals surface area contributed by atoms with Gasteiger partial charge < -0.3 is 10.4 Å². The van der Waals surface area contributed by atoms with E-state index in [1.54, 1.807) is 6.07 Å². The van der Waals surface area contributed by atoms with E-state index in [9.17, 15) is 14.4 Å². The zero-order valence-corrected chi connectivity index (χ0v) is 12.7. The number of rotatable bonds is 3. The molecular weight excluding hydrogens is 319 g/mol. The normalized spacial score (nSPS) is 11.4. The first-order valence-electron chi connectivity index (χ1n) is 5.71. The summed E-state index contributed by atoms with van der Waals surface area (Å²) in [5.41, 5.74) is -0.0818. The van der Waals surface area contributed by atoms with E-state index in [0.29, 0.717) is 0 Å². The number of carbonyl (C=O) groups is 3. The Bertz CT molecular complexity index is 621. The second kappa shape index (κ2) is 7.10. The Morgan fingerprint density at radius 3 is 2.05 bits per heavy atom. The quantitative estimate of drug-likeness (QED) is 0.742. The lowest BCUT2D eigenvalue weighted by Crippen LogP contribution is -2.35. The van der Waals surface area contributed by atoms with Crippen LogP contribution in [-0.2, 0) is 9.59 Å². The summed E-state index contributed by atoms with van der Waals surface area (Å²) in [7, 11) is 0. The van der Waals surface area contributed by atoms with E-state index in [1.165, 1.54) is 26.0 Å². The molecule has 0 radical (unpaired) electrons. The van der Waals surface area contributed by atoms with Crippen LogP contribution in [0.25, 0.3) is 0 Å². The zero-order valence-electron chi connectivity index (χ0n) is 11.2. The van der Waals surface area contributed by atoms with Gasteiger partial charge in [0.2, 0.25) is 0 Å². The smallest absolute Gasteiger partial charge is 0.331 e. The highest BCUT2D eigenvalue weighted by atomic mass is 35.5. The van der Waals surface area contributed by atoms with Crippen molar-refractivity contribution in [1.82, 2.24) is 5.32 Å². The molecule has 0 aromatic heterocycles. The van der Waals surface area contributed by atoms with Crippen LogP contribution in [-0.4, -0.2) is 23.0 Å². The van der Waals surface area contributed by atoms with E-state index in [-0.39, 0.29) is 26.9 Å². The number of hydrogen-bond donors (Lipinski definition) is 3. The monoisotopic (exact) mass is 330 g/mol. The number of halogens is 2. The van der Waals surface area contributed by atoms with Crippen LogP contribution >= 0.6 is 23.2 Å². The number of amides is 3. The molecule has 3 amide bonds. The largest absolute Gasteiger partial charge is 0.478 e. The Morgan fingerprint density at radius 1 is 1.05 bits per heavy atom. The molecule has 0 aliphatic rings. The second-order valence-electron chi connectivity index (χ2n) is 4.06. The van der Waals surface area contributed by atoms with E-state index in [2.05, 4.69) is 5.32 Å². The number of carbonyl (C=O) groups excluding carboxylic acids is 2. The average Bonchev–Trinajstić information content (AvgIpc) is 2.41. The first-order chi connectivity index (χ1) is 9.73. The highest BCUT2D eigenvalue weighted by Crippen LogP contribution is 2.29. The van der Waals surface area contributed by atoms with Crippen LogP contribution in [0.3, 0.4) is 0 Å². The third kappa shape index (κ3) is 4.47. The van der Waals surface area contributed by atoms with Crippen LogP contribution in [0.15, 0.2) is 29.3 Å². The van der Waals surface area contributed by atoms with E-state index < -0.39 is 17.9 Å². The van der Waals surface area contributed by atoms with Crippen molar-refractivity contribution in [2.24, 2.45) is 0 Å². The Hall–Kier alpha value is -2.05. The summed E-state index contributed by atoms with van der Waals surface area (Å²) in [5.74, 6) is -2.06. The van der Waals surface area contributed by atoms with E-state index >= 15 is 0 Å². The molecular formula is C13H12Cl2N2O4. The van der Waals surface area contributed by atoms with Crippen molar-refractivity contribution in [1.29, 1.82) is 0 Å². The van der Waals surface area contributed by atoms with E-state index in [4.69, 9.17) is 28.3 Å². The second-order valence-corrected chi connectivity index (χ2v) is 4.87. The maximum absolute atomic E-state index is 11.7. The SMILES string of the molecule is CC(C(=O)O)=C(C)C(=O)NC(=O)Nc1c(Cl)cccc1Cl. The first-order valence-corrected chi connectivity index (χ1v) is 6.46. The fourth-order valence-corrected chi connectivity index (χ4v) is 1.78. The molecule has 0 atom stereocenters. The van der Waals surface area contributed by atoms with E-state index in [0.717, 1.165) is 0 Å². The highest BCUT2D eigenvalue weighted by molar-refractivity contribution is 6.39. The van der Waals surface area contributed by atoms with Gasteiger partial charge in [-0.3, -0.25) is 10.1 Å². The summed E-state index contributed by atoms with van der Waals surface area (Å²) in [6, 6.07) is 3.77. The molecule has 6 nitrogen and oxygen atoms in total. The van der Waals surface area contributed by atoms with Crippen LogP contribution < -0.4 is 10.6 Å². The lowest BCUT2D eigenvalue weighted by Gasteiger charge is -2.10. The minimum absolute atomic E-state index is 0.0806. The number of para-hydroxylation sites is 1. The Balaban J connectivity index is 2.82. The first kappa shape index (κ1) is 17.0. The molecule has 0 fully saturated rings. The van der Waals surface area contributed by atoms with Crippen molar-refractivity contribution in [2.75, 3.05) is 5.32 Å². The lowest BCUT2D eigenvalue weighted by atomic mass is 10.1. The topological polar surface area (TPSA) is 95.5 Å². The third-order valence-electron chi connectivity index (χ3n) is 2.65. The van der Waals surface area contributed by atoms with Gasteiger partial charge in [-0.1, -0.05) is 29.3 Å². The molecule has 0 saturated carbocycles. The van der Waals surface area contributed by atoms with Crippen molar-refractivity contribution < 1.29 is 19.5 Å². The summed E-state index contributed by atoms with van der Waals surface area (Å²) in [5, 5.41) is 13.5. The number of imide groups is 1. The molecule has 1 aromatic carbocycles. The van der Waals surface area contributed by atoms with E-state index in [1.807, 2.05) is 5.32 Å². The fraction of sp³-hybridized carbons (Fsp3) is 0.154. The number of nitrogens with one attached hydrogen (secondary N) is 2. The maximum Gasteiger partial charge on any atom is 0.331 e. The average molecular weight is 331 g/mol. The van der Waals surface area contributed by atoms with Crippen LogP contribution in [0.1, 0.15) is 13.8 Å². The predicted octanol–water partition coefficient (Wildman–Crippen LogP) is 3.06. The standard InChI is InChI=1S/C13H12Cl2N2O4/c1-6(7(2)12(19)20)11(18)17-13(21)16-10-8(14)4-3-5-9(10)15/h3-5H,1-2H3,(H,19,20)(H2,16,17,18,21). The summed E-state index contributed by atoms with van der Waals surface area (Å²) < 4.78 is 0. The van der Waals surface area contributed by atoms with Gasteiger partial charge in [-0.05, 0) is 26.0 Å². The number of benzene rings is 1. The van der Waals surface area contributed by atoms with Crippen molar-refractivity contribution in [2.45, 2.75) is 13.8 Å². The van der Waals surface area contributed by atoms with Crippen LogP contribution in [0.4, 0.5) is 10.5 Å². The maximum atomic E-state index is 11.7. The van der Waals surface area contributed by atoms with Gasteiger partial charge in [0.15, 0.2) is 0 Å². The predicted molar refractivity (Wildman–Crippen MR) is 79.6 cm³/mol. The number of aliphatic carboxylic acids is 1. The van der Waals surface area contributed by atoms with Crippen LogP contribution in [0, 0.1) is 0 Å². The Kier molecular flexibility index (Phi) is 5.75. The molecule has 1 rings (SSSR count). The van der Waals surface area contributed by atoms with Gasteiger partial charge in [-0.15, -0.1) is 0 Å². The molecule has 0 aliphatic carbocycles. The fourth-order valence-electron chi connectivity index (χ4n) is 1.29. The molecule has 0 aliphatic heterocycles. The molecule has 0 unspecified atom stereocenters. The lowest BCUT2D eigenvalue weighted by molar-refractivity contribution is -0.133. The minimum atomic E-state index is -1.24. The summed E-state index contributed by atoms with van der Waals surface area (Å²) in [4.78, 5) is 34.1. The number of anilines is 1. The Labute approximate surface area is 130 Å². The molecule has 1 aromatic rings. The molecule has 0 saturated heterocycles. The van der Waals surface area contributed by atoms with Crippen molar-refractivity contribution in [3.05, 3.63) is 39.4 Å². The number of urea groups is 1. The van der Waals surface area contributed by atoms with Crippen LogP contribution in [0.2, 0.25) is 10.0 Å². The van der Waals surface area contributed by atoms with Crippen molar-refractivity contribution in [3.63, 3.8) is 0 Å². The molecule has 0 heterocycles. The molecule has 21 heavy (non-hydrogen) atoms. The Morgan fingerprint density at radius 2 is 1.57 bits per heavy atom. The summed E-state index contributed by atoms with van der Waals surface area (Å²) >= 11 is 11.7. The summed E-state index contributed by atoms with van der Waals surface area (Å²) in [6.45, 7) is 2.56. The third-order valence-corrected chi connectivity index (χ3v) is 3.28. The minimum Gasteiger partial charge on any atom is -0.478 e. The van der Waals surface area contributed by atoms with Crippen LogP contribution in [0.5, 0.6) is 0 Å². The van der Waals surface area contributed by atoms with Gasteiger partial charge in [0.25, 0.3) is 5.91 Å². The molecule has 3 N–H and O–H groups in total. The number of hydrogen-bond acceptors (Lipinski definition) is 3. The van der Waals surface area contributed by atoms with Gasteiger partial charge in [0.1, 0.15) is 0 Å². The van der Waals surface area contributed by atoms with Crippen molar-refractivity contribution in [3.8, 4) is 0 Å². The van der Waals surface area contributed by atoms with Gasteiger partial charge in [-0.2, -0.15) is 0 Å². The summed E-state index contributed by atoms with van der Waals surface area (Å²) in [6.07, 6.45) is 0. The molecule has 0 bridgehead atoms. The number of carboxylic acid groups (broad SMARTS) is 1. The van der Waals surface area contributed by atoms with Gasteiger partial charge in [-0.25, -0.2) is 9.59 Å².